The Bertz CT molecular complexity index is 1770. The average Bonchev–Trinajstić information content (AvgIpc) is 3.41. The number of aryl methyl sites for hydroxylation is 3. The molecule has 0 unspecified atom stereocenters. The van der Waals surface area contributed by atoms with Crippen LogP contribution in [0.2, 0.25) is 5.02 Å². The SMILES string of the molecule is Cc1cn(-c2ccc(-c3cccc(S(C)(=O)=O)c3)cc2-c2nc(C)oc2-c2ccc(Cl)c(F)c2)c(C)n1. The summed E-state index contributed by atoms with van der Waals surface area (Å²) >= 11 is 5.91. The smallest absolute Gasteiger partial charge is 0.192 e. The highest BCUT2D eigenvalue weighted by Crippen LogP contribution is 2.39. The summed E-state index contributed by atoms with van der Waals surface area (Å²) in [6.45, 7) is 5.55. The molecular weight excluding hydrogens is 513 g/mol. The van der Waals surface area contributed by atoms with Gasteiger partial charge in [0.25, 0.3) is 0 Å². The number of halogens is 2. The molecule has 2 aromatic heterocycles. The van der Waals surface area contributed by atoms with Crippen molar-refractivity contribution in [2.45, 2.75) is 25.7 Å². The van der Waals surface area contributed by atoms with Gasteiger partial charge in [0.05, 0.1) is 21.3 Å². The van der Waals surface area contributed by atoms with Crippen molar-refractivity contribution >= 4 is 21.4 Å². The lowest BCUT2D eigenvalue weighted by Crippen LogP contribution is -2.00. The molecule has 0 saturated carbocycles. The van der Waals surface area contributed by atoms with Crippen LogP contribution in [-0.2, 0) is 9.84 Å². The van der Waals surface area contributed by atoms with Crippen molar-refractivity contribution in [3.8, 4) is 39.4 Å². The van der Waals surface area contributed by atoms with Crippen LogP contribution in [0, 0.1) is 26.6 Å². The van der Waals surface area contributed by atoms with Gasteiger partial charge >= 0.3 is 0 Å². The normalized spacial score (nSPS) is 11.7. The molecule has 0 N–H and O–H groups in total. The van der Waals surface area contributed by atoms with Gasteiger partial charge in [-0.2, -0.15) is 0 Å². The molecule has 0 radical (unpaired) electrons. The molecule has 0 atom stereocenters. The van der Waals surface area contributed by atoms with Crippen molar-refractivity contribution in [2.75, 3.05) is 6.26 Å². The van der Waals surface area contributed by atoms with Crippen molar-refractivity contribution in [3.63, 3.8) is 0 Å². The monoisotopic (exact) mass is 535 g/mol. The van der Waals surface area contributed by atoms with Gasteiger partial charge in [-0.1, -0.05) is 29.8 Å². The highest BCUT2D eigenvalue weighted by molar-refractivity contribution is 7.90. The van der Waals surface area contributed by atoms with Crippen molar-refractivity contribution in [3.05, 3.63) is 95.1 Å². The Labute approximate surface area is 219 Å². The molecule has 0 amide bonds. The number of hydrogen-bond donors (Lipinski definition) is 0. The Morgan fingerprint density at radius 2 is 1.65 bits per heavy atom. The van der Waals surface area contributed by atoms with Gasteiger partial charge in [-0.05, 0) is 67.4 Å². The summed E-state index contributed by atoms with van der Waals surface area (Å²) in [5.41, 5.74) is 4.88. The largest absolute Gasteiger partial charge is 0.440 e. The van der Waals surface area contributed by atoms with E-state index in [0.29, 0.717) is 28.5 Å². The summed E-state index contributed by atoms with van der Waals surface area (Å²) < 4.78 is 46.6. The number of aromatic nitrogens is 3. The summed E-state index contributed by atoms with van der Waals surface area (Å²) in [5, 5.41) is 0.0134. The summed E-state index contributed by atoms with van der Waals surface area (Å²) in [5.74, 6) is 1.02. The van der Waals surface area contributed by atoms with Gasteiger partial charge in [0.15, 0.2) is 21.5 Å². The van der Waals surface area contributed by atoms with Crippen LogP contribution in [0.25, 0.3) is 39.4 Å². The van der Waals surface area contributed by atoms with Crippen LogP contribution in [0.1, 0.15) is 17.4 Å². The summed E-state index contributed by atoms with van der Waals surface area (Å²) in [4.78, 5) is 9.44. The quantitative estimate of drug-likeness (QED) is 0.242. The van der Waals surface area contributed by atoms with Crippen LogP contribution in [-0.4, -0.2) is 29.2 Å². The summed E-state index contributed by atoms with van der Waals surface area (Å²) in [7, 11) is -3.38. The minimum Gasteiger partial charge on any atom is -0.440 e. The van der Waals surface area contributed by atoms with Crippen molar-refractivity contribution < 1.29 is 17.2 Å². The molecule has 3 aromatic carbocycles. The predicted octanol–water partition coefficient (Wildman–Crippen LogP) is 6.98. The molecular formula is C28H23ClFN3O3S. The Morgan fingerprint density at radius 3 is 2.32 bits per heavy atom. The Morgan fingerprint density at radius 1 is 0.919 bits per heavy atom. The van der Waals surface area contributed by atoms with Crippen LogP contribution in [0.15, 0.2) is 76.2 Å². The lowest BCUT2D eigenvalue weighted by molar-refractivity contribution is 0.533. The maximum atomic E-state index is 14.4. The van der Waals surface area contributed by atoms with Crippen molar-refractivity contribution in [1.82, 2.24) is 14.5 Å². The minimum absolute atomic E-state index is 0.0134. The maximum absolute atomic E-state index is 14.4. The van der Waals surface area contributed by atoms with Gasteiger partial charge in [-0.25, -0.2) is 22.8 Å². The van der Waals surface area contributed by atoms with E-state index in [1.54, 1.807) is 31.2 Å². The second kappa shape index (κ2) is 9.28. The molecule has 5 rings (SSSR count). The number of sulfone groups is 1. The van der Waals surface area contributed by atoms with E-state index in [1.807, 2.05) is 48.9 Å². The third-order valence-corrected chi connectivity index (χ3v) is 7.44. The van der Waals surface area contributed by atoms with Gasteiger partial charge in [0.2, 0.25) is 0 Å². The maximum Gasteiger partial charge on any atom is 0.192 e. The number of benzene rings is 3. The molecule has 9 heteroatoms. The van der Waals surface area contributed by atoms with Crippen LogP contribution < -0.4 is 0 Å². The third kappa shape index (κ3) is 4.82. The molecule has 0 spiro atoms. The minimum atomic E-state index is -3.38. The van der Waals surface area contributed by atoms with E-state index < -0.39 is 15.7 Å². The van der Waals surface area contributed by atoms with E-state index in [1.165, 1.54) is 18.4 Å². The second-order valence-electron chi connectivity index (χ2n) is 8.87. The first kappa shape index (κ1) is 24.9. The zero-order valence-electron chi connectivity index (χ0n) is 20.6. The molecule has 0 saturated heterocycles. The second-order valence-corrected chi connectivity index (χ2v) is 11.3. The third-order valence-electron chi connectivity index (χ3n) is 6.03. The van der Waals surface area contributed by atoms with E-state index in [0.717, 1.165) is 28.3 Å². The molecule has 188 valence electrons. The molecule has 2 heterocycles. The predicted molar refractivity (Wildman–Crippen MR) is 142 cm³/mol. The van der Waals surface area contributed by atoms with Gasteiger partial charge in [-0.15, -0.1) is 0 Å². The fraction of sp³-hybridized carbons (Fsp3) is 0.143. The number of nitrogens with zero attached hydrogens (tertiary/aromatic N) is 3. The van der Waals surface area contributed by atoms with Crippen LogP contribution >= 0.6 is 11.6 Å². The lowest BCUT2D eigenvalue weighted by Gasteiger charge is -2.14. The molecule has 37 heavy (non-hydrogen) atoms. The van der Waals surface area contributed by atoms with E-state index >= 15 is 0 Å². The topological polar surface area (TPSA) is 78.0 Å². The van der Waals surface area contributed by atoms with Gasteiger partial charge in [0, 0.05) is 30.5 Å². The zero-order valence-corrected chi connectivity index (χ0v) is 22.2. The Hall–Kier alpha value is -3.75. The van der Waals surface area contributed by atoms with E-state index in [4.69, 9.17) is 16.0 Å². The number of oxazole rings is 1. The van der Waals surface area contributed by atoms with Crippen LogP contribution in [0.3, 0.4) is 0 Å². The van der Waals surface area contributed by atoms with Gasteiger partial charge in [-0.3, -0.25) is 0 Å². The van der Waals surface area contributed by atoms with Crippen LogP contribution in [0.4, 0.5) is 4.39 Å². The van der Waals surface area contributed by atoms with Crippen LogP contribution in [0.5, 0.6) is 0 Å². The molecule has 0 aliphatic carbocycles. The number of imidazole rings is 1. The van der Waals surface area contributed by atoms with E-state index in [9.17, 15) is 12.8 Å². The van der Waals surface area contributed by atoms with E-state index in [2.05, 4.69) is 9.97 Å². The zero-order chi connectivity index (χ0) is 26.5. The highest BCUT2D eigenvalue weighted by atomic mass is 35.5. The molecule has 0 fully saturated rings. The molecule has 0 aliphatic heterocycles. The lowest BCUT2D eigenvalue weighted by atomic mass is 9.98. The number of rotatable bonds is 5. The molecule has 6 nitrogen and oxygen atoms in total. The molecule has 5 aromatic rings. The molecule has 0 bridgehead atoms. The standard InChI is InChI=1S/C28H23ClFN3O3S/c1-16-15-33(17(2)31-16)26-11-9-20(19-6-5-7-22(12-19)37(4,34)35)13-23(26)27-28(36-18(3)32-27)21-8-10-24(29)25(30)14-21/h5-15H,1-4H3. The van der Waals surface area contributed by atoms with Crippen molar-refractivity contribution in [2.24, 2.45) is 0 Å². The Balaban J connectivity index is 1.77. The first-order chi connectivity index (χ1) is 17.5. The van der Waals surface area contributed by atoms with E-state index in [-0.39, 0.29) is 9.92 Å². The first-order valence-corrected chi connectivity index (χ1v) is 13.7. The number of hydrogen-bond acceptors (Lipinski definition) is 5. The molecule has 0 aliphatic rings. The van der Waals surface area contributed by atoms with Gasteiger partial charge < -0.3 is 8.98 Å². The fourth-order valence-electron chi connectivity index (χ4n) is 4.33. The average molecular weight is 536 g/mol. The van der Waals surface area contributed by atoms with Gasteiger partial charge in [0.1, 0.15) is 17.3 Å². The van der Waals surface area contributed by atoms with Crippen molar-refractivity contribution in [1.29, 1.82) is 0 Å². The Kier molecular flexibility index (Phi) is 6.25. The first-order valence-electron chi connectivity index (χ1n) is 11.4. The summed E-state index contributed by atoms with van der Waals surface area (Å²) in [6.07, 6.45) is 3.10. The summed E-state index contributed by atoms with van der Waals surface area (Å²) in [6, 6.07) is 17.0. The fourth-order valence-corrected chi connectivity index (χ4v) is 5.11. The highest BCUT2D eigenvalue weighted by Gasteiger charge is 2.22.